The average Bonchev–Trinajstić information content (AvgIpc) is 3.34. The SMILES string of the molecule is COCCN(C)CCNCc1cn(-c2ccccc2)nc1-c1cccs1. The van der Waals surface area contributed by atoms with Gasteiger partial charge in [-0.15, -0.1) is 11.3 Å². The van der Waals surface area contributed by atoms with E-state index in [0.717, 1.165) is 44.2 Å². The predicted molar refractivity (Wildman–Crippen MR) is 108 cm³/mol. The lowest BCUT2D eigenvalue weighted by Gasteiger charge is -2.16. The van der Waals surface area contributed by atoms with E-state index in [-0.39, 0.29) is 0 Å². The van der Waals surface area contributed by atoms with Crippen molar-refractivity contribution in [3.63, 3.8) is 0 Å². The molecule has 0 saturated heterocycles. The minimum absolute atomic E-state index is 0.767. The second-order valence-electron chi connectivity index (χ2n) is 6.23. The number of rotatable bonds is 10. The zero-order valence-electron chi connectivity index (χ0n) is 15.4. The number of methoxy groups -OCH3 is 1. The van der Waals surface area contributed by atoms with Gasteiger partial charge in [0.2, 0.25) is 0 Å². The van der Waals surface area contributed by atoms with Gasteiger partial charge in [0.15, 0.2) is 0 Å². The molecule has 6 heteroatoms. The summed E-state index contributed by atoms with van der Waals surface area (Å²) in [5.74, 6) is 0. The highest BCUT2D eigenvalue weighted by atomic mass is 32.1. The van der Waals surface area contributed by atoms with Crippen LogP contribution in [0.2, 0.25) is 0 Å². The molecular weight excluding hydrogens is 344 g/mol. The molecule has 5 nitrogen and oxygen atoms in total. The molecule has 1 aromatic carbocycles. The van der Waals surface area contributed by atoms with E-state index in [9.17, 15) is 0 Å². The molecule has 0 aliphatic carbocycles. The molecule has 0 aliphatic rings. The fraction of sp³-hybridized carbons (Fsp3) is 0.350. The number of likely N-dealkylation sites (N-methyl/N-ethyl adjacent to an activating group) is 1. The number of nitrogens with zero attached hydrogens (tertiary/aromatic N) is 3. The number of hydrogen-bond acceptors (Lipinski definition) is 5. The van der Waals surface area contributed by atoms with Crippen LogP contribution in [0.4, 0.5) is 0 Å². The van der Waals surface area contributed by atoms with Crippen molar-refractivity contribution in [3.8, 4) is 16.3 Å². The Hall–Kier alpha value is -1.99. The summed E-state index contributed by atoms with van der Waals surface area (Å²) in [6.07, 6.45) is 2.13. The third-order valence-corrected chi connectivity index (χ3v) is 5.10. The van der Waals surface area contributed by atoms with Gasteiger partial charge in [0.1, 0.15) is 5.69 Å². The standard InChI is InChI=1S/C20H26N4OS/c1-23(12-13-25-2)11-10-21-15-17-16-24(18-7-4-3-5-8-18)22-20(17)19-9-6-14-26-19/h3-9,14,16,21H,10-13,15H2,1-2H3. The summed E-state index contributed by atoms with van der Waals surface area (Å²) < 4.78 is 7.09. The van der Waals surface area contributed by atoms with Crippen molar-refractivity contribution >= 4 is 11.3 Å². The quantitative estimate of drug-likeness (QED) is 0.556. The van der Waals surface area contributed by atoms with Crippen molar-refractivity contribution < 1.29 is 4.74 Å². The minimum atomic E-state index is 0.767. The number of aromatic nitrogens is 2. The third kappa shape index (κ3) is 5.02. The molecule has 0 radical (unpaired) electrons. The van der Waals surface area contributed by atoms with Crippen LogP contribution in [0.25, 0.3) is 16.3 Å². The number of nitrogens with one attached hydrogen (secondary N) is 1. The van der Waals surface area contributed by atoms with Gasteiger partial charge in [-0.1, -0.05) is 24.3 Å². The molecule has 26 heavy (non-hydrogen) atoms. The Balaban J connectivity index is 1.67. The highest BCUT2D eigenvalue weighted by Crippen LogP contribution is 2.27. The highest BCUT2D eigenvalue weighted by Gasteiger charge is 2.13. The number of thiophene rings is 1. The summed E-state index contributed by atoms with van der Waals surface area (Å²) in [6.45, 7) is 4.44. The van der Waals surface area contributed by atoms with E-state index in [1.165, 1.54) is 10.4 Å². The van der Waals surface area contributed by atoms with Crippen molar-refractivity contribution in [2.24, 2.45) is 0 Å². The number of benzene rings is 1. The second-order valence-corrected chi connectivity index (χ2v) is 7.18. The van der Waals surface area contributed by atoms with E-state index < -0.39 is 0 Å². The van der Waals surface area contributed by atoms with Crippen LogP contribution in [-0.4, -0.2) is 55.1 Å². The Bertz CT molecular complexity index is 770. The summed E-state index contributed by atoms with van der Waals surface area (Å²) in [5.41, 5.74) is 3.36. The molecule has 0 unspecified atom stereocenters. The van der Waals surface area contributed by atoms with E-state index in [0.29, 0.717) is 0 Å². The van der Waals surface area contributed by atoms with Crippen molar-refractivity contribution in [1.29, 1.82) is 0 Å². The van der Waals surface area contributed by atoms with Crippen LogP contribution in [-0.2, 0) is 11.3 Å². The van der Waals surface area contributed by atoms with E-state index >= 15 is 0 Å². The predicted octanol–water partition coefficient (Wildman–Crippen LogP) is 3.27. The van der Waals surface area contributed by atoms with Gasteiger partial charge < -0.3 is 15.0 Å². The first kappa shape index (κ1) is 18.8. The van der Waals surface area contributed by atoms with Gasteiger partial charge in [-0.25, -0.2) is 4.68 Å². The van der Waals surface area contributed by atoms with Crippen LogP contribution >= 0.6 is 11.3 Å². The first-order valence-corrected chi connectivity index (χ1v) is 9.72. The molecule has 1 N–H and O–H groups in total. The van der Waals surface area contributed by atoms with Gasteiger partial charge in [0.25, 0.3) is 0 Å². The van der Waals surface area contributed by atoms with Crippen molar-refractivity contribution in [1.82, 2.24) is 20.0 Å². The normalized spacial score (nSPS) is 11.3. The number of para-hydroxylation sites is 1. The zero-order valence-corrected chi connectivity index (χ0v) is 16.2. The maximum Gasteiger partial charge on any atom is 0.107 e. The van der Waals surface area contributed by atoms with Crippen LogP contribution in [0.5, 0.6) is 0 Å². The Morgan fingerprint density at radius 2 is 2.00 bits per heavy atom. The number of ether oxygens (including phenoxy) is 1. The molecule has 0 bridgehead atoms. The molecular formula is C20H26N4OS. The smallest absolute Gasteiger partial charge is 0.107 e. The molecule has 0 spiro atoms. The van der Waals surface area contributed by atoms with E-state index in [2.05, 4.69) is 53.1 Å². The summed E-state index contributed by atoms with van der Waals surface area (Å²) >= 11 is 1.73. The number of hydrogen-bond donors (Lipinski definition) is 1. The van der Waals surface area contributed by atoms with Gasteiger partial charge in [0.05, 0.1) is 17.2 Å². The summed E-state index contributed by atoms with van der Waals surface area (Å²) in [7, 11) is 3.85. The van der Waals surface area contributed by atoms with Gasteiger partial charge in [-0.05, 0) is 30.6 Å². The van der Waals surface area contributed by atoms with Crippen LogP contribution in [0, 0.1) is 0 Å². The van der Waals surface area contributed by atoms with E-state index in [1.54, 1.807) is 18.4 Å². The van der Waals surface area contributed by atoms with Gasteiger partial charge in [-0.3, -0.25) is 0 Å². The van der Waals surface area contributed by atoms with Gasteiger partial charge in [0, 0.05) is 45.0 Å². The maximum atomic E-state index is 5.12. The molecule has 3 rings (SSSR count). The van der Waals surface area contributed by atoms with E-state index in [4.69, 9.17) is 9.84 Å². The molecule has 0 aliphatic heterocycles. The molecule has 0 fully saturated rings. The van der Waals surface area contributed by atoms with Gasteiger partial charge >= 0.3 is 0 Å². The Morgan fingerprint density at radius 3 is 2.73 bits per heavy atom. The topological polar surface area (TPSA) is 42.3 Å². The van der Waals surface area contributed by atoms with Crippen molar-refractivity contribution in [2.45, 2.75) is 6.54 Å². The van der Waals surface area contributed by atoms with Gasteiger partial charge in [-0.2, -0.15) is 5.10 Å². The largest absolute Gasteiger partial charge is 0.383 e. The molecule has 3 aromatic rings. The first-order valence-electron chi connectivity index (χ1n) is 8.84. The molecule has 0 amide bonds. The zero-order chi connectivity index (χ0) is 18.2. The Kier molecular flexibility index (Phi) is 6.96. The van der Waals surface area contributed by atoms with Crippen molar-refractivity contribution in [2.75, 3.05) is 40.4 Å². The van der Waals surface area contributed by atoms with Crippen LogP contribution in [0.3, 0.4) is 0 Å². The fourth-order valence-electron chi connectivity index (χ4n) is 2.72. The Labute approximate surface area is 159 Å². The van der Waals surface area contributed by atoms with E-state index in [1.807, 2.05) is 22.9 Å². The maximum absolute atomic E-state index is 5.12. The molecule has 2 aromatic heterocycles. The highest BCUT2D eigenvalue weighted by molar-refractivity contribution is 7.13. The molecule has 0 atom stereocenters. The van der Waals surface area contributed by atoms with Crippen LogP contribution < -0.4 is 5.32 Å². The summed E-state index contributed by atoms with van der Waals surface area (Å²) in [5, 5.41) is 10.5. The lowest BCUT2D eigenvalue weighted by atomic mass is 10.2. The molecule has 0 saturated carbocycles. The average molecular weight is 371 g/mol. The molecule has 138 valence electrons. The van der Waals surface area contributed by atoms with Crippen LogP contribution in [0.1, 0.15) is 5.56 Å². The van der Waals surface area contributed by atoms with Crippen molar-refractivity contribution in [3.05, 3.63) is 59.6 Å². The fourth-order valence-corrected chi connectivity index (χ4v) is 3.47. The summed E-state index contributed by atoms with van der Waals surface area (Å²) in [4.78, 5) is 3.47. The summed E-state index contributed by atoms with van der Waals surface area (Å²) in [6, 6.07) is 14.5. The van der Waals surface area contributed by atoms with Crippen LogP contribution in [0.15, 0.2) is 54.0 Å². The Morgan fingerprint density at radius 1 is 1.15 bits per heavy atom. The minimum Gasteiger partial charge on any atom is -0.383 e. The first-order chi connectivity index (χ1) is 12.8. The third-order valence-electron chi connectivity index (χ3n) is 4.23. The second kappa shape index (κ2) is 9.64. The molecule has 2 heterocycles. The lowest BCUT2D eigenvalue weighted by Crippen LogP contribution is -2.31. The monoisotopic (exact) mass is 370 g/mol. The lowest BCUT2D eigenvalue weighted by molar-refractivity contribution is 0.161.